The summed E-state index contributed by atoms with van der Waals surface area (Å²) in [6.45, 7) is 2.26. The molecule has 0 unspecified atom stereocenters. The molecular formula is C24H24N4O3S. The number of fused-ring (bicyclic) bond motifs is 1. The van der Waals surface area contributed by atoms with Gasteiger partial charge in [-0.3, -0.25) is 4.79 Å². The van der Waals surface area contributed by atoms with Crippen LogP contribution in [0.2, 0.25) is 0 Å². The normalized spacial score (nSPS) is 11.5. The van der Waals surface area contributed by atoms with E-state index in [0.717, 1.165) is 22.4 Å². The predicted octanol–water partition coefficient (Wildman–Crippen LogP) is 3.32. The van der Waals surface area contributed by atoms with Gasteiger partial charge in [-0.15, -0.1) is 0 Å². The number of carbonyl (C=O) groups excluding carboxylic acids is 1. The van der Waals surface area contributed by atoms with Crippen LogP contribution in [0.3, 0.4) is 0 Å². The molecule has 8 heteroatoms. The molecule has 7 nitrogen and oxygen atoms in total. The molecule has 0 saturated carbocycles. The SMILES string of the molecule is Cc1ccc(C(=O)NCCc2nc3ccccc3[nH]2)cc1S(=O)(=O)NCc1ccccc1. The molecule has 0 saturated heterocycles. The second-order valence-electron chi connectivity index (χ2n) is 7.50. The highest BCUT2D eigenvalue weighted by Gasteiger charge is 2.19. The lowest BCUT2D eigenvalue weighted by Crippen LogP contribution is -2.27. The van der Waals surface area contributed by atoms with E-state index in [-0.39, 0.29) is 17.3 Å². The third-order valence-corrected chi connectivity index (χ3v) is 6.68. The van der Waals surface area contributed by atoms with E-state index >= 15 is 0 Å². The van der Waals surface area contributed by atoms with Gasteiger partial charge in [-0.25, -0.2) is 18.1 Å². The first-order chi connectivity index (χ1) is 15.4. The van der Waals surface area contributed by atoms with Gasteiger partial charge < -0.3 is 10.3 Å². The summed E-state index contributed by atoms with van der Waals surface area (Å²) >= 11 is 0. The molecule has 1 amide bonds. The quantitative estimate of drug-likeness (QED) is 0.385. The first kappa shape index (κ1) is 21.7. The molecule has 0 bridgehead atoms. The monoisotopic (exact) mass is 448 g/mol. The molecule has 1 aromatic heterocycles. The van der Waals surface area contributed by atoms with Crippen molar-refractivity contribution in [1.29, 1.82) is 0 Å². The number of aromatic nitrogens is 2. The molecule has 4 rings (SSSR count). The summed E-state index contributed by atoms with van der Waals surface area (Å²) in [7, 11) is -3.77. The summed E-state index contributed by atoms with van der Waals surface area (Å²) in [5.41, 5.74) is 3.55. The number of carbonyl (C=O) groups is 1. The number of nitrogens with zero attached hydrogens (tertiary/aromatic N) is 1. The molecule has 1 heterocycles. The van der Waals surface area contributed by atoms with Crippen molar-refractivity contribution in [2.45, 2.75) is 24.8 Å². The standard InChI is InChI=1S/C24H24N4O3S/c1-17-11-12-19(15-22(17)32(30,31)26-16-18-7-3-2-4-8-18)24(29)25-14-13-23-27-20-9-5-6-10-21(20)28-23/h2-12,15,26H,13-14,16H2,1H3,(H,25,29)(H,27,28). The highest BCUT2D eigenvalue weighted by Crippen LogP contribution is 2.18. The maximum absolute atomic E-state index is 12.8. The van der Waals surface area contributed by atoms with E-state index in [2.05, 4.69) is 20.0 Å². The van der Waals surface area contributed by atoms with Crippen molar-refractivity contribution in [2.24, 2.45) is 0 Å². The van der Waals surface area contributed by atoms with Gasteiger partial charge in [0.1, 0.15) is 5.82 Å². The number of hydrogen-bond donors (Lipinski definition) is 3. The number of nitrogens with one attached hydrogen (secondary N) is 3. The lowest BCUT2D eigenvalue weighted by atomic mass is 10.1. The zero-order valence-corrected chi connectivity index (χ0v) is 18.4. The first-order valence-corrected chi connectivity index (χ1v) is 11.8. The number of para-hydroxylation sites is 2. The van der Waals surface area contributed by atoms with Gasteiger partial charge in [-0.05, 0) is 42.3 Å². The molecule has 0 aliphatic rings. The number of rotatable bonds is 8. The van der Waals surface area contributed by atoms with Gasteiger partial charge in [-0.1, -0.05) is 48.5 Å². The minimum Gasteiger partial charge on any atom is -0.352 e. The molecule has 0 spiro atoms. The fraction of sp³-hybridized carbons (Fsp3) is 0.167. The maximum Gasteiger partial charge on any atom is 0.251 e. The second kappa shape index (κ2) is 9.33. The Morgan fingerprint density at radius 1 is 1.00 bits per heavy atom. The highest BCUT2D eigenvalue weighted by atomic mass is 32.2. The van der Waals surface area contributed by atoms with Gasteiger partial charge >= 0.3 is 0 Å². The van der Waals surface area contributed by atoms with Crippen molar-refractivity contribution in [1.82, 2.24) is 20.0 Å². The van der Waals surface area contributed by atoms with Gasteiger partial charge in [0.15, 0.2) is 0 Å². The van der Waals surface area contributed by atoms with Crippen LogP contribution in [0.5, 0.6) is 0 Å². The average Bonchev–Trinajstić information content (AvgIpc) is 3.21. The third-order valence-electron chi connectivity index (χ3n) is 5.13. The smallest absolute Gasteiger partial charge is 0.251 e. The summed E-state index contributed by atoms with van der Waals surface area (Å²) in [5.74, 6) is 0.449. The Hall–Kier alpha value is -3.49. The van der Waals surface area contributed by atoms with E-state index in [1.54, 1.807) is 19.1 Å². The summed E-state index contributed by atoms with van der Waals surface area (Å²) in [5, 5.41) is 2.83. The number of sulfonamides is 1. The Kier molecular flexibility index (Phi) is 6.34. The Labute approximate surface area is 187 Å². The molecule has 0 atom stereocenters. The van der Waals surface area contributed by atoms with Crippen LogP contribution in [0.4, 0.5) is 0 Å². The Morgan fingerprint density at radius 3 is 2.53 bits per heavy atom. The molecule has 0 aliphatic heterocycles. The summed E-state index contributed by atoms with van der Waals surface area (Å²) < 4.78 is 28.3. The average molecular weight is 449 g/mol. The maximum atomic E-state index is 12.8. The van der Waals surface area contributed by atoms with E-state index in [1.165, 1.54) is 6.07 Å². The molecule has 0 fully saturated rings. The largest absolute Gasteiger partial charge is 0.352 e. The molecule has 3 aromatic carbocycles. The number of benzene rings is 3. The van der Waals surface area contributed by atoms with Crippen molar-refractivity contribution in [3.8, 4) is 0 Å². The zero-order valence-electron chi connectivity index (χ0n) is 17.6. The van der Waals surface area contributed by atoms with Crippen LogP contribution < -0.4 is 10.0 Å². The van der Waals surface area contributed by atoms with E-state index in [4.69, 9.17) is 0 Å². The lowest BCUT2D eigenvalue weighted by Gasteiger charge is -2.11. The van der Waals surface area contributed by atoms with E-state index in [1.807, 2.05) is 54.6 Å². The van der Waals surface area contributed by atoms with Crippen LogP contribution in [0, 0.1) is 6.92 Å². The molecule has 164 valence electrons. The third kappa shape index (κ3) is 5.04. The van der Waals surface area contributed by atoms with E-state index in [0.29, 0.717) is 24.1 Å². The molecule has 0 aliphatic carbocycles. The summed E-state index contributed by atoms with van der Waals surface area (Å²) in [6.07, 6.45) is 0.538. The van der Waals surface area contributed by atoms with E-state index < -0.39 is 10.0 Å². The fourth-order valence-corrected chi connectivity index (χ4v) is 4.69. The predicted molar refractivity (Wildman–Crippen MR) is 124 cm³/mol. The molecule has 32 heavy (non-hydrogen) atoms. The summed E-state index contributed by atoms with van der Waals surface area (Å²) in [4.78, 5) is 20.4. The number of H-pyrrole nitrogens is 1. The van der Waals surface area contributed by atoms with Gasteiger partial charge in [0.25, 0.3) is 5.91 Å². The number of hydrogen-bond acceptors (Lipinski definition) is 4. The van der Waals surface area contributed by atoms with Crippen LogP contribution in [0.1, 0.15) is 27.3 Å². The van der Waals surface area contributed by atoms with Crippen LogP contribution in [-0.2, 0) is 23.0 Å². The van der Waals surface area contributed by atoms with Gasteiger partial charge in [0.05, 0.1) is 15.9 Å². The zero-order chi connectivity index (χ0) is 22.6. The number of aryl methyl sites for hydroxylation is 1. The second-order valence-corrected chi connectivity index (χ2v) is 9.23. The van der Waals surface area contributed by atoms with Crippen LogP contribution >= 0.6 is 0 Å². The molecule has 0 radical (unpaired) electrons. The molecular weight excluding hydrogens is 424 g/mol. The minimum atomic E-state index is -3.77. The Bertz CT molecular complexity index is 1320. The summed E-state index contributed by atoms with van der Waals surface area (Å²) in [6, 6.07) is 21.7. The number of amides is 1. The van der Waals surface area contributed by atoms with E-state index in [9.17, 15) is 13.2 Å². The van der Waals surface area contributed by atoms with Crippen molar-refractivity contribution < 1.29 is 13.2 Å². The topological polar surface area (TPSA) is 104 Å². The van der Waals surface area contributed by atoms with Crippen LogP contribution in [0.25, 0.3) is 11.0 Å². The van der Waals surface area contributed by atoms with Gasteiger partial charge in [0.2, 0.25) is 10.0 Å². The highest BCUT2D eigenvalue weighted by molar-refractivity contribution is 7.89. The number of aromatic amines is 1. The first-order valence-electron chi connectivity index (χ1n) is 10.3. The molecule has 4 aromatic rings. The Morgan fingerprint density at radius 2 is 1.75 bits per heavy atom. The lowest BCUT2D eigenvalue weighted by molar-refractivity contribution is 0.0954. The van der Waals surface area contributed by atoms with Crippen molar-refractivity contribution in [3.05, 3.63) is 95.3 Å². The van der Waals surface area contributed by atoms with Crippen molar-refractivity contribution >= 4 is 27.0 Å². The van der Waals surface area contributed by atoms with Crippen LogP contribution in [-0.4, -0.2) is 30.8 Å². The van der Waals surface area contributed by atoms with Crippen LogP contribution in [0.15, 0.2) is 77.7 Å². The Balaban J connectivity index is 1.41. The van der Waals surface area contributed by atoms with Gasteiger partial charge in [-0.2, -0.15) is 0 Å². The fourth-order valence-electron chi connectivity index (χ4n) is 3.40. The number of imidazole rings is 1. The minimum absolute atomic E-state index is 0.0957. The van der Waals surface area contributed by atoms with Crippen molar-refractivity contribution in [3.63, 3.8) is 0 Å². The molecule has 3 N–H and O–H groups in total. The van der Waals surface area contributed by atoms with Gasteiger partial charge in [0, 0.05) is 25.1 Å². The van der Waals surface area contributed by atoms with Crippen molar-refractivity contribution in [2.75, 3.05) is 6.54 Å².